The van der Waals surface area contributed by atoms with E-state index in [0.717, 1.165) is 30.8 Å². The molecule has 0 radical (unpaired) electrons. The fourth-order valence-corrected chi connectivity index (χ4v) is 4.11. The zero-order valence-electron chi connectivity index (χ0n) is 18.5. The number of amides is 1. The lowest BCUT2D eigenvalue weighted by molar-refractivity contribution is -0.497. The number of alkyl halides is 3. The molecule has 4 aromatic rings. The minimum absolute atomic E-state index is 0.0210. The third-order valence-corrected chi connectivity index (χ3v) is 6.18. The number of hydrogen-bond acceptors (Lipinski definition) is 3. The van der Waals surface area contributed by atoms with Gasteiger partial charge in [-0.2, -0.15) is 17.6 Å². The van der Waals surface area contributed by atoms with Gasteiger partial charge in [0.2, 0.25) is 0 Å². The number of rotatable bonds is 3. The molecule has 0 aliphatic carbocycles. The van der Waals surface area contributed by atoms with E-state index in [4.69, 9.17) is 0 Å². The molecule has 0 bridgehead atoms. The van der Waals surface area contributed by atoms with Crippen LogP contribution in [0.15, 0.2) is 67.1 Å². The third kappa shape index (κ3) is 4.26. The predicted molar refractivity (Wildman–Crippen MR) is 121 cm³/mol. The van der Waals surface area contributed by atoms with Crippen LogP contribution in [0.2, 0.25) is 0 Å². The van der Waals surface area contributed by atoms with Crippen LogP contribution in [0.4, 0.5) is 13.2 Å². The summed E-state index contributed by atoms with van der Waals surface area (Å²) >= 11 is 0. The van der Waals surface area contributed by atoms with Crippen molar-refractivity contribution in [3.05, 3.63) is 78.2 Å². The summed E-state index contributed by atoms with van der Waals surface area (Å²) in [6.07, 6.45) is 0.865. The normalized spacial score (nSPS) is 15.1. The Morgan fingerprint density at radius 1 is 0.971 bits per heavy atom. The van der Waals surface area contributed by atoms with Gasteiger partial charge in [-0.3, -0.25) is 4.79 Å². The van der Waals surface area contributed by atoms with E-state index in [2.05, 4.69) is 14.9 Å². The van der Waals surface area contributed by atoms with Gasteiger partial charge in [0, 0.05) is 42.9 Å². The number of halogens is 3. The Hall–Kier alpha value is -3.72. The number of hydrogen-bond donors (Lipinski definition) is 1. The van der Waals surface area contributed by atoms with Crippen LogP contribution in [0.5, 0.6) is 0 Å². The zero-order chi connectivity index (χ0) is 23.9. The topological polar surface area (TPSA) is 56.3 Å². The largest absolute Gasteiger partial charge is 0.416 e. The Kier molecular flexibility index (Phi) is 5.57. The molecule has 0 unspecified atom stereocenters. The molecular weight excluding hydrogens is 443 g/mol. The van der Waals surface area contributed by atoms with Crippen molar-refractivity contribution in [1.29, 1.82) is 0 Å². The number of nitrogens with one attached hydrogen (secondary N) is 1. The molecule has 5 rings (SSSR count). The van der Waals surface area contributed by atoms with Gasteiger partial charge in [0.1, 0.15) is 24.3 Å². The number of piperazine rings is 1. The minimum Gasteiger partial charge on any atom is -0.336 e. The van der Waals surface area contributed by atoms with Gasteiger partial charge in [0.25, 0.3) is 5.91 Å². The maximum Gasteiger partial charge on any atom is 0.416 e. The van der Waals surface area contributed by atoms with Crippen molar-refractivity contribution >= 4 is 11.6 Å². The van der Waals surface area contributed by atoms with E-state index in [9.17, 15) is 18.0 Å². The quantitative estimate of drug-likeness (QED) is 0.466. The monoisotopic (exact) mass is 466 g/mol. The second kappa shape index (κ2) is 8.57. The summed E-state index contributed by atoms with van der Waals surface area (Å²) < 4.78 is 40.6. The van der Waals surface area contributed by atoms with Gasteiger partial charge in [-0.15, -0.1) is 0 Å². The molecule has 3 heterocycles. The summed E-state index contributed by atoms with van der Waals surface area (Å²) in [5, 5.41) is 0. The van der Waals surface area contributed by atoms with E-state index in [0.29, 0.717) is 41.3 Å². The molecule has 0 saturated carbocycles. The van der Waals surface area contributed by atoms with Gasteiger partial charge in [-0.25, -0.2) is 9.97 Å². The molecule has 0 spiro atoms. The predicted octanol–water partition coefficient (Wildman–Crippen LogP) is 3.89. The molecule has 1 N–H and O–H groups in total. The molecule has 1 aliphatic heterocycles. The minimum atomic E-state index is -4.37. The first-order chi connectivity index (χ1) is 16.3. The van der Waals surface area contributed by atoms with Gasteiger partial charge in [0.05, 0.1) is 5.56 Å². The highest BCUT2D eigenvalue weighted by atomic mass is 19.4. The van der Waals surface area contributed by atoms with E-state index in [-0.39, 0.29) is 5.91 Å². The molecule has 34 heavy (non-hydrogen) atoms. The van der Waals surface area contributed by atoms with Crippen LogP contribution < -0.4 is 4.40 Å². The number of carbonyl (C=O) groups is 1. The highest BCUT2D eigenvalue weighted by Crippen LogP contribution is 2.30. The molecule has 6 nitrogen and oxygen atoms in total. The van der Waals surface area contributed by atoms with Crippen LogP contribution in [-0.2, 0) is 6.18 Å². The molecule has 2 aromatic heterocycles. The number of carbonyl (C=O) groups excluding carboxylic acids is 1. The van der Waals surface area contributed by atoms with E-state index >= 15 is 0 Å². The Balaban J connectivity index is 1.41. The molecule has 9 heteroatoms. The first-order valence-electron chi connectivity index (χ1n) is 10.9. The molecular formula is C25H23F3N5O+. The van der Waals surface area contributed by atoms with E-state index in [1.165, 1.54) is 12.1 Å². The lowest BCUT2D eigenvalue weighted by Gasteiger charge is -2.32. The van der Waals surface area contributed by atoms with Crippen molar-refractivity contribution in [1.82, 2.24) is 19.8 Å². The average molecular weight is 466 g/mol. The third-order valence-electron chi connectivity index (χ3n) is 6.18. The smallest absolute Gasteiger partial charge is 0.336 e. The van der Waals surface area contributed by atoms with Crippen LogP contribution >= 0.6 is 0 Å². The van der Waals surface area contributed by atoms with E-state index < -0.39 is 11.7 Å². The highest BCUT2D eigenvalue weighted by molar-refractivity contribution is 5.94. The number of benzene rings is 2. The number of nitrogens with zero attached hydrogens (tertiary/aromatic N) is 4. The van der Waals surface area contributed by atoms with Crippen molar-refractivity contribution < 1.29 is 22.4 Å². The standard InChI is InChI=1S/C25H22F3N5O/c1-31-10-12-32(13-11-31)24(34)19-4-2-17(3-5-19)21-16-33-22(14-30-23(33)15-29-21)18-6-8-20(9-7-18)25(26,27)28/h2-9,14-16H,10-13H2,1H3/p+1. The fourth-order valence-electron chi connectivity index (χ4n) is 4.11. The summed E-state index contributed by atoms with van der Waals surface area (Å²) in [5.74, 6) is 0.0210. The summed E-state index contributed by atoms with van der Waals surface area (Å²) in [5.41, 5.74) is 3.54. The fraction of sp³-hybridized carbons (Fsp3) is 0.240. The van der Waals surface area contributed by atoms with Crippen LogP contribution in [0.25, 0.3) is 28.2 Å². The van der Waals surface area contributed by atoms with Gasteiger partial charge >= 0.3 is 11.8 Å². The summed E-state index contributed by atoms with van der Waals surface area (Å²) in [6, 6.07) is 12.4. The molecule has 1 amide bonds. The SMILES string of the molecule is CN1CCN(C(=O)c2ccc(-c3c[n+]4c(-c5ccc(C(F)(F)F)cc5)c[nH]c4cn3)cc2)CC1. The molecule has 1 aliphatic rings. The second-order valence-electron chi connectivity index (χ2n) is 8.45. The number of likely N-dealkylation sites (N-methyl/N-ethyl adjacent to an activating group) is 1. The number of H-pyrrole nitrogens is 1. The summed E-state index contributed by atoms with van der Waals surface area (Å²) in [7, 11) is 2.05. The lowest BCUT2D eigenvalue weighted by Crippen LogP contribution is -2.47. The molecule has 0 atom stereocenters. The van der Waals surface area contributed by atoms with Crippen molar-refractivity contribution in [3.8, 4) is 22.5 Å². The van der Waals surface area contributed by atoms with Gasteiger partial charge in [-0.1, -0.05) is 12.1 Å². The lowest BCUT2D eigenvalue weighted by atomic mass is 10.1. The van der Waals surface area contributed by atoms with Crippen molar-refractivity contribution in [3.63, 3.8) is 0 Å². The number of fused-ring (bicyclic) bond motifs is 1. The maximum absolute atomic E-state index is 12.9. The Bertz CT molecular complexity index is 1320. The number of aromatic nitrogens is 3. The second-order valence-corrected chi connectivity index (χ2v) is 8.45. The van der Waals surface area contributed by atoms with Crippen molar-refractivity contribution in [2.75, 3.05) is 33.2 Å². The maximum atomic E-state index is 12.9. The first-order valence-corrected chi connectivity index (χ1v) is 10.9. The van der Waals surface area contributed by atoms with Crippen LogP contribution in [0.3, 0.4) is 0 Å². The summed E-state index contributed by atoms with van der Waals surface area (Å²) in [4.78, 5) is 24.5. The Morgan fingerprint density at radius 3 is 2.26 bits per heavy atom. The zero-order valence-corrected chi connectivity index (χ0v) is 18.5. The Morgan fingerprint density at radius 2 is 1.62 bits per heavy atom. The van der Waals surface area contributed by atoms with Gasteiger partial charge < -0.3 is 9.80 Å². The molecule has 174 valence electrons. The molecule has 1 saturated heterocycles. The van der Waals surface area contributed by atoms with E-state index in [1.807, 2.05) is 34.7 Å². The Labute approximate surface area is 194 Å². The first kappa shape index (κ1) is 22.1. The average Bonchev–Trinajstić information content (AvgIpc) is 3.27. The van der Waals surface area contributed by atoms with E-state index in [1.54, 1.807) is 24.5 Å². The highest BCUT2D eigenvalue weighted by Gasteiger charge is 2.30. The number of imidazole rings is 1. The van der Waals surface area contributed by atoms with Crippen LogP contribution in [0, 0.1) is 0 Å². The van der Waals surface area contributed by atoms with Crippen molar-refractivity contribution in [2.24, 2.45) is 0 Å². The molecule has 1 fully saturated rings. The van der Waals surface area contributed by atoms with Crippen LogP contribution in [-0.4, -0.2) is 58.9 Å². The molecule has 2 aromatic carbocycles. The summed E-state index contributed by atoms with van der Waals surface area (Å²) in [6.45, 7) is 3.16. The van der Waals surface area contributed by atoms with Gasteiger partial charge in [0.15, 0.2) is 5.69 Å². The van der Waals surface area contributed by atoms with Crippen LogP contribution in [0.1, 0.15) is 15.9 Å². The van der Waals surface area contributed by atoms with Gasteiger partial charge in [-0.05, 0) is 43.4 Å². The van der Waals surface area contributed by atoms with Crippen molar-refractivity contribution in [2.45, 2.75) is 6.18 Å². The number of aromatic amines is 1.